The molecule has 8 heteroatoms. The van der Waals surface area contributed by atoms with E-state index in [0.717, 1.165) is 53.3 Å². The van der Waals surface area contributed by atoms with Crippen LogP contribution in [0.15, 0.2) is 97.1 Å². The molecule has 8 nitrogen and oxygen atoms in total. The molecular formula is C57H73NO7. The van der Waals surface area contributed by atoms with Gasteiger partial charge in [0.2, 0.25) is 0 Å². The molecule has 0 saturated carbocycles. The first kappa shape index (κ1) is 50.5. The first-order valence-electron chi connectivity index (χ1n) is 23.8. The molecular weight excluding hydrogens is 811 g/mol. The molecule has 0 spiro atoms. The van der Waals surface area contributed by atoms with Gasteiger partial charge in [0.15, 0.2) is 0 Å². The van der Waals surface area contributed by atoms with Gasteiger partial charge in [0.25, 0.3) is 5.91 Å². The second kappa shape index (κ2) is 22.6. The molecule has 65 heavy (non-hydrogen) atoms. The number of rotatable bonds is 20. The van der Waals surface area contributed by atoms with Gasteiger partial charge in [-0.15, -0.1) is 0 Å². The van der Waals surface area contributed by atoms with Crippen LogP contribution in [0.25, 0.3) is 10.8 Å². The van der Waals surface area contributed by atoms with E-state index in [1.54, 1.807) is 37.4 Å². The zero-order valence-corrected chi connectivity index (χ0v) is 40.4. The van der Waals surface area contributed by atoms with Crippen molar-refractivity contribution < 1.29 is 34.1 Å². The fraction of sp³-hybridized carbons (Fsp3) is 0.456. The number of carboxylic acid groups (broad SMARTS) is 2. The highest BCUT2D eigenvalue weighted by Crippen LogP contribution is 2.47. The first-order valence-corrected chi connectivity index (χ1v) is 23.8. The van der Waals surface area contributed by atoms with Crippen LogP contribution in [0.3, 0.4) is 0 Å². The Balaban J connectivity index is 0.000000244. The second-order valence-corrected chi connectivity index (χ2v) is 19.8. The van der Waals surface area contributed by atoms with Gasteiger partial charge in [-0.05, 0) is 136 Å². The molecule has 5 aromatic carbocycles. The van der Waals surface area contributed by atoms with Crippen molar-refractivity contribution in [2.45, 2.75) is 155 Å². The van der Waals surface area contributed by atoms with Gasteiger partial charge < -0.3 is 25.0 Å². The Kier molecular flexibility index (Phi) is 17.6. The Labute approximate surface area is 388 Å². The molecule has 3 N–H and O–H groups in total. The third kappa shape index (κ3) is 13.3. The number of fused-ring (bicyclic) bond motifs is 2. The van der Waals surface area contributed by atoms with Gasteiger partial charge in [-0.25, -0.2) is 9.59 Å². The zero-order valence-electron chi connectivity index (χ0n) is 40.4. The number of unbranched alkanes of at least 4 members (excludes halogenated alkanes) is 7. The lowest BCUT2D eigenvalue weighted by Crippen LogP contribution is -2.34. The Bertz CT molecular complexity index is 2390. The second-order valence-electron chi connectivity index (χ2n) is 19.8. The van der Waals surface area contributed by atoms with Crippen molar-refractivity contribution in [1.29, 1.82) is 0 Å². The molecule has 1 amide bonds. The van der Waals surface area contributed by atoms with Crippen molar-refractivity contribution in [3.05, 3.63) is 142 Å². The minimum absolute atomic E-state index is 0.117. The predicted octanol–water partition coefficient (Wildman–Crippen LogP) is 14.9. The summed E-state index contributed by atoms with van der Waals surface area (Å²) in [4.78, 5) is 35.2. The third-order valence-electron chi connectivity index (χ3n) is 13.4. The number of ether oxygens (including phenoxy) is 2. The van der Waals surface area contributed by atoms with Crippen LogP contribution in [-0.4, -0.2) is 41.8 Å². The fourth-order valence-corrected chi connectivity index (χ4v) is 9.00. The van der Waals surface area contributed by atoms with Gasteiger partial charge in [-0.2, -0.15) is 0 Å². The normalized spacial score (nSPS) is 14.4. The number of carbonyl (C=O) groups is 3. The number of nitrogens with one attached hydrogen (secondary N) is 1. The summed E-state index contributed by atoms with van der Waals surface area (Å²) in [6.45, 7) is 18.9. The van der Waals surface area contributed by atoms with Crippen LogP contribution in [0.2, 0.25) is 0 Å². The van der Waals surface area contributed by atoms with Crippen molar-refractivity contribution in [1.82, 2.24) is 0 Å². The lowest BCUT2D eigenvalue weighted by molar-refractivity contribution is 0.0686. The van der Waals surface area contributed by atoms with E-state index in [-0.39, 0.29) is 33.8 Å². The standard InChI is InChI=1S/C30H36O3.C27H37NO4/c1-6-7-16-33-27(22-10-8-21-18-24(28(31)32)11-9-20(21)17-22)23-12-13-25-26(19-23)30(4,5)15-14-29(25,2)3;1-5-6-7-8-9-10-11-18-27(2,3)23-19-21(14-17-24(23)32-4)25(29)28-22-15-12-20(13-16-22)26(30)31/h8-13,17-19,27H,6-7,14-16H2,1-5H3,(H,31,32);12-17,19H,5-11,18H2,1-4H3,(H,28,29)(H,30,31). The van der Waals surface area contributed by atoms with Crippen LogP contribution in [0.1, 0.15) is 197 Å². The summed E-state index contributed by atoms with van der Waals surface area (Å²) in [5, 5.41) is 23.1. The maximum Gasteiger partial charge on any atom is 0.335 e. The molecule has 348 valence electrons. The number of amides is 1. The largest absolute Gasteiger partial charge is 0.496 e. The lowest BCUT2D eigenvalue weighted by atomic mass is 9.63. The quantitative estimate of drug-likeness (QED) is 0.0665. The minimum atomic E-state index is -0.995. The van der Waals surface area contributed by atoms with Crippen molar-refractivity contribution >= 4 is 34.3 Å². The van der Waals surface area contributed by atoms with Crippen LogP contribution in [0, 0.1) is 0 Å². The summed E-state index contributed by atoms with van der Waals surface area (Å²) in [7, 11) is 1.66. The Morgan fingerprint density at radius 2 is 1.18 bits per heavy atom. The monoisotopic (exact) mass is 884 g/mol. The van der Waals surface area contributed by atoms with E-state index in [1.165, 1.54) is 80.2 Å². The van der Waals surface area contributed by atoms with Gasteiger partial charge in [0, 0.05) is 23.4 Å². The number of carbonyl (C=O) groups excluding carboxylic acids is 1. The maximum atomic E-state index is 12.8. The number of benzene rings is 5. The molecule has 0 heterocycles. The summed E-state index contributed by atoms with van der Waals surface area (Å²) in [6, 6.07) is 30.1. The Morgan fingerprint density at radius 1 is 0.631 bits per heavy atom. The molecule has 1 unspecified atom stereocenters. The summed E-state index contributed by atoms with van der Waals surface area (Å²) >= 11 is 0. The number of hydrogen-bond donors (Lipinski definition) is 3. The summed E-state index contributed by atoms with van der Waals surface area (Å²) in [5.41, 5.74) is 8.03. The van der Waals surface area contributed by atoms with Crippen molar-refractivity contribution in [3.63, 3.8) is 0 Å². The summed E-state index contributed by atoms with van der Waals surface area (Å²) < 4.78 is 12.1. The van der Waals surface area contributed by atoms with E-state index in [4.69, 9.17) is 14.6 Å². The molecule has 0 aromatic heterocycles. The smallest absolute Gasteiger partial charge is 0.335 e. The molecule has 6 rings (SSSR count). The van der Waals surface area contributed by atoms with Gasteiger partial charge in [-0.3, -0.25) is 4.79 Å². The highest BCUT2D eigenvalue weighted by Gasteiger charge is 2.37. The SMILES string of the molecule is CCCCCCCCCC(C)(C)c1cc(C(=O)Nc2ccc(C(=O)O)cc2)ccc1OC.CCCCOC(c1ccc2c(c1)C(C)(C)CCC2(C)C)c1ccc2cc(C(=O)O)ccc2c1. The maximum absolute atomic E-state index is 12.8. The highest BCUT2D eigenvalue weighted by molar-refractivity contribution is 6.04. The Hall–Kier alpha value is -5.47. The van der Waals surface area contributed by atoms with E-state index in [9.17, 15) is 19.5 Å². The molecule has 0 bridgehead atoms. The molecule has 0 fully saturated rings. The number of hydrogen-bond acceptors (Lipinski definition) is 5. The van der Waals surface area contributed by atoms with Crippen LogP contribution in [0.4, 0.5) is 5.69 Å². The molecule has 0 saturated heterocycles. The average Bonchev–Trinajstić information content (AvgIpc) is 3.28. The van der Waals surface area contributed by atoms with E-state index >= 15 is 0 Å². The van der Waals surface area contributed by atoms with Crippen molar-refractivity contribution in [2.75, 3.05) is 19.0 Å². The molecule has 1 aliphatic carbocycles. The van der Waals surface area contributed by atoms with Crippen LogP contribution >= 0.6 is 0 Å². The van der Waals surface area contributed by atoms with Crippen molar-refractivity contribution in [2.24, 2.45) is 0 Å². The lowest BCUT2D eigenvalue weighted by Gasteiger charge is -2.42. The summed E-state index contributed by atoms with van der Waals surface area (Å²) in [5.74, 6) is -1.34. The number of carboxylic acids is 2. The zero-order chi connectivity index (χ0) is 47.4. The molecule has 1 atom stereocenters. The first-order chi connectivity index (χ1) is 30.9. The molecule has 0 radical (unpaired) electrons. The van der Waals surface area contributed by atoms with Gasteiger partial charge >= 0.3 is 11.9 Å². The van der Waals surface area contributed by atoms with Crippen LogP contribution in [0.5, 0.6) is 5.75 Å². The van der Waals surface area contributed by atoms with Gasteiger partial charge in [0.1, 0.15) is 11.9 Å². The van der Waals surface area contributed by atoms with E-state index in [2.05, 4.69) is 91.0 Å². The topological polar surface area (TPSA) is 122 Å². The average molecular weight is 884 g/mol. The summed E-state index contributed by atoms with van der Waals surface area (Å²) in [6.07, 6.45) is 14.2. The van der Waals surface area contributed by atoms with E-state index in [1.807, 2.05) is 24.3 Å². The molecule has 0 aliphatic heterocycles. The predicted molar refractivity (Wildman–Crippen MR) is 265 cm³/mol. The Morgan fingerprint density at radius 3 is 1.83 bits per heavy atom. The number of aromatic carboxylic acids is 2. The third-order valence-corrected chi connectivity index (χ3v) is 13.4. The number of anilines is 1. The fourth-order valence-electron chi connectivity index (χ4n) is 9.00. The van der Waals surface area contributed by atoms with E-state index < -0.39 is 11.9 Å². The van der Waals surface area contributed by atoms with Crippen LogP contribution in [-0.2, 0) is 21.0 Å². The molecule has 5 aromatic rings. The highest BCUT2D eigenvalue weighted by atomic mass is 16.5. The minimum Gasteiger partial charge on any atom is -0.496 e. The van der Waals surface area contributed by atoms with Crippen molar-refractivity contribution in [3.8, 4) is 5.75 Å². The van der Waals surface area contributed by atoms with Crippen LogP contribution < -0.4 is 10.1 Å². The number of methoxy groups -OCH3 is 1. The van der Waals surface area contributed by atoms with E-state index in [0.29, 0.717) is 23.4 Å². The molecule has 1 aliphatic rings. The van der Waals surface area contributed by atoms with Gasteiger partial charge in [-0.1, -0.05) is 143 Å². The van der Waals surface area contributed by atoms with Gasteiger partial charge in [0.05, 0.1) is 18.2 Å².